The highest BCUT2D eigenvalue weighted by atomic mass is 35.5. The second-order valence-electron chi connectivity index (χ2n) is 19.8. The molecular formula is C58H56Cl8N8O6. The van der Waals surface area contributed by atoms with Gasteiger partial charge in [-0.3, -0.25) is 29.2 Å². The van der Waals surface area contributed by atoms with Crippen molar-refractivity contribution in [3.63, 3.8) is 0 Å². The lowest BCUT2D eigenvalue weighted by Gasteiger charge is -2.29. The molecule has 5 aliphatic rings. The average molecular weight is 1240 g/mol. The molecule has 22 heteroatoms. The first-order valence-electron chi connectivity index (χ1n) is 26.4. The molecule has 4 unspecified atom stereocenters. The maximum absolute atomic E-state index is 15.8. The van der Waals surface area contributed by atoms with E-state index in [1.807, 2.05) is 24.3 Å². The van der Waals surface area contributed by atoms with Crippen molar-refractivity contribution >= 4 is 127 Å². The quantitative estimate of drug-likeness (QED) is 0.0577. The summed E-state index contributed by atoms with van der Waals surface area (Å²) < 4.78 is 24.7. The zero-order valence-electron chi connectivity index (χ0n) is 43.1. The number of ether oxygens (including phenoxy) is 4. The number of carbonyl (C=O) groups is 2. The zero-order chi connectivity index (χ0) is 55.6. The topological polar surface area (TPSA) is 132 Å². The van der Waals surface area contributed by atoms with Crippen LogP contribution in [-0.2, 0) is 18.9 Å². The fraction of sp³-hybridized carbons (Fsp3) is 0.345. The summed E-state index contributed by atoms with van der Waals surface area (Å²) in [5.41, 5.74) is 5.78. The van der Waals surface area contributed by atoms with Crippen LogP contribution in [-0.4, -0.2) is 136 Å². The van der Waals surface area contributed by atoms with E-state index in [1.165, 1.54) is 0 Å². The van der Waals surface area contributed by atoms with Gasteiger partial charge in [-0.25, -0.2) is 0 Å². The highest BCUT2D eigenvalue weighted by Gasteiger charge is 2.40. The minimum atomic E-state index is -0.468. The lowest BCUT2D eigenvalue weighted by Crippen LogP contribution is -2.33. The largest absolute Gasteiger partial charge is 0.383 e. The first kappa shape index (κ1) is 57.7. The molecule has 14 nitrogen and oxygen atoms in total. The molecule has 6 aromatic rings. The maximum atomic E-state index is 15.8. The Hall–Kier alpha value is -4.14. The van der Waals surface area contributed by atoms with E-state index in [-0.39, 0.29) is 33.8 Å². The van der Waals surface area contributed by atoms with Crippen molar-refractivity contribution in [3.05, 3.63) is 182 Å². The van der Waals surface area contributed by atoms with Gasteiger partial charge in [-0.05, 0) is 72.8 Å². The second kappa shape index (κ2) is 25.8. The minimum absolute atomic E-state index is 0.247. The highest BCUT2D eigenvalue weighted by molar-refractivity contribution is 6.38. The number of anilines is 4. The van der Waals surface area contributed by atoms with Crippen LogP contribution >= 0.6 is 92.8 Å². The summed E-state index contributed by atoms with van der Waals surface area (Å²) >= 11 is 53.4. The Morgan fingerprint density at radius 3 is 0.738 bits per heavy atom. The third-order valence-corrected chi connectivity index (χ3v) is 17.7. The molecule has 11 rings (SSSR count). The molecule has 0 saturated carbocycles. The minimum Gasteiger partial charge on any atom is -0.383 e. The number of carbonyl (C=O) groups excluding carboxylic acids is 2. The van der Waals surface area contributed by atoms with Gasteiger partial charge in [0.15, 0.2) is 11.6 Å². The molecule has 0 radical (unpaired) electrons. The van der Waals surface area contributed by atoms with Gasteiger partial charge >= 0.3 is 0 Å². The molecular weight excluding hydrogens is 1190 g/mol. The van der Waals surface area contributed by atoms with Gasteiger partial charge in [-0.15, -0.1) is 0 Å². The fourth-order valence-electron chi connectivity index (χ4n) is 11.3. The van der Waals surface area contributed by atoms with Crippen LogP contribution in [0.15, 0.2) is 97.1 Å². The molecule has 0 bridgehead atoms. The summed E-state index contributed by atoms with van der Waals surface area (Å²) in [4.78, 5) is 40.3. The molecule has 6 aromatic carbocycles. The number of nitrogens with zero attached hydrogens (tertiary/aromatic N) is 4. The summed E-state index contributed by atoms with van der Waals surface area (Å²) in [5, 5.41) is 18.3. The Balaban J connectivity index is 0.911. The molecule has 4 atom stereocenters. The summed E-state index contributed by atoms with van der Waals surface area (Å²) in [6, 6.07) is 29.0. The normalized spacial score (nSPS) is 20.6. The van der Waals surface area contributed by atoms with Crippen LogP contribution in [0.2, 0.25) is 40.2 Å². The molecule has 0 aromatic heterocycles. The number of nitrogens with one attached hydrogen (secondary N) is 4. The van der Waals surface area contributed by atoms with Crippen LogP contribution in [0.3, 0.4) is 0 Å². The molecule has 420 valence electrons. The highest BCUT2D eigenvalue weighted by Crippen LogP contribution is 2.45. The molecule has 4 heterocycles. The number of benzene rings is 6. The van der Waals surface area contributed by atoms with E-state index < -0.39 is 24.9 Å². The summed E-state index contributed by atoms with van der Waals surface area (Å²) in [7, 11) is 0. The lowest BCUT2D eigenvalue weighted by molar-refractivity contribution is 0.0347. The molecule has 0 amide bonds. The fourth-order valence-corrected chi connectivity index (χ4v) is 13.6. The van der Waals surface area contributed by atoms with Gasteiger partial charge in [-0.2, -0.15) is 0 Å². The van der Waals surface area contributed by atoms with Crippen LogP contribution in [0, 0.1) is 0 Å². The molecule has 4 fully saturated rings. The summed E-state index contributed by atoms with van der Waals surface area (Å²) in [6.07, 6.45) is -1.87. The molecule has 0 spiro atoms. The Labute approximate surface area is 504 Å². The van der Waals surface area contributed by atoms with Gasteiger partial charge in [0.1, 0.15) is 24.9 Å². The van der Waals surface area contributed by atoms with Gasteiger partial charge in [0.25, 0.3) is 0 Å². The monoisotopic (exact) mass is 1240 g/mol. The molecule has 4 N–H and O–H groups in total. The SMILES string of the molecule is O=C1c2c(NCCN3CCOC3c3c(Cl)cccc3Cl)ccc(NCCN3CCOC3c3c(Cl)cccc3Cl)c2C(=O)c2c(NCCN3CCOC3c3c(Cl)cccc3Cl)ccc(NCCN3CCOC3c3c(Cl)cccc3Cl)c21. The molecule has 4 saturated heterocycles. The van der Waals surface area contributed by atoms with Gasteiger partial charge in [0, 0.05) is 164 Å². The van der Waals surface area contributed by atoms with Crippen LogP contribution in [0.1, 0.15) is 79.0 Å². The number of fused-ring (bicyclic) bond motifs is 2. The van der Waals surface area contributed by atoms with Crippen LogP contribution in [0.4, 0.5) is 22.7 Å². The molecule has 4 aliphatic heterocycles. The number of halogens is 8. The van der Waals surface area contributed by atoms with Crippen molar-refractivity contribution in [2.24, 2.45) is 0 Å². The van der Waals surface area contributed by atoms with E-state index in [1.54, 1.807) is 72.8 Å². The smallest absolute Gasteiger partial charge is 0.198 e. The third-order valence-electron chi connectivity index (χ3n) is 15.1. The lowest BCUT2D eigenvalue weighted by atomic mass is 9.80. The van der Waals surface area contributed by atoms with E-state index in [4.69, 9.17) is 112 Å². The van der Waals surface area contributed by atoms with Crippen molar-refractivity contribution in [3.8, 4) is 0 Å². The standard InChI is InChI=1S/C58H56Cl8N8O6/c59-33-5-1-6-34(60)45(33)55-71(25-29-77-55)21-17-67-41-13-14-42(68-18-22-72-26-30-78-56(72)46-35(61)7-2-8-36(46)62)50-49(41)53(75)51-43(69-19-23-73-27-31-79-57(73)47-37(63)9-3-10-38(47)64)15-16-44(52(51)54(50)76)70-20-24-74-28-32-80-58(74)48-39(65)11-4-12-40(48)66/h1-16,55-58,67-70H,17-32H2. The first-order chi connectivity index (χ1) is 38.9. The van der Waals surface area contributed by atoms with Crippen LogP contribution < -0.4 is 21.3 Å². The predicted octanol–water partition coefficient (Wildman–Crippen LogP) is 13.5. The number of hydrogen-bond donors (Lipinski definition) is 4. The van der Waals surface area contributed by atoms with E-state index in [0.717, 1.165) is 0 Å². The molecule has 1 aliphatic carbocycles. The Bertz CT molecular complexity index is 2800. The van der Waals surface area contributed by atoms with Crippen LogP contribution in [0.5, 0.6) is 0 Å². The van der Waals surface area contributed by atoms with Gasteiger partial charge in [0.2, 0.25) is 0 Å². The Morgan fingerprint density at radius 1 is 0.338 bits per heavy atom. The van der Waals surface area contributed by atoms with Crippen molar-refractivity contribution in [1.82, 2.24) is 19.6 Å². The number of rotatable bonds is 20. The Morgan fingerprint density at radius 2 is 0.537 bits per heavy atom. The van der Waals surface area contributed by atoms with Crippen molar-refractivity contribution in [1.29, 1.82) is 0 Å². The van der Waals surface area contributed by atoms with E-state index in [0.29, 0.717) is 190 Å². The summed E-state index contributed by atoms with van der Waals surface area (Å²) in [5.74, 6) is -0.657. The third kappa shape index (κ3) is 11.9. The van der Waals surface area contributed by atoms with Gasteiger partial charge in [-0.1, -0.05) is 117 Å². The predicted molar refractivity (Wildman–Crippen MR) is 321 cm³/mol. The van der Waals surface area contributed by atoms with E-state index in [2.05, 4.69) is 40.9 Å². The Kier molecular flexibility index (Phi) is 18.6. The summed E-state index contributed by atoms with van der Waals surface area (Å²) in [6.45, 7) is 8.00. The number of ketones is 2. The van der Waals surface area contributed by atoms with Gasteiger partial charge in [0.05, 0.1) is 48.7 Å². The first-order valence-corrected chi connectivity index (χ1v) is 29.5. The van der Waals surface area contributed by atoms with E-state index in [9.17, 15) is 0 Å². The van der Waals surface area contributed by atoms with Crippen molar-refractivity contribution in [2.75, 3.05) is 126 Å². The average Bonchev–Trinajstić information content (AvgIpc) is 4.38. The maximum Gasteiger partial charge on any atom is 0.198 e. The van der Waals surface area contributed by atoms with Gasteiger partial charge < -0.3 is 40.2 Å². The van der Waals surface area contributed by atoms with Crippen molar-refractivity contribution in [2.45, 2.75) is 24.9 Å². The zero-order valence-corrected chi connectivity index (χ0v) is 49.2. The number of hydrogen-bond acceptors (Lipinski definition) is 14. The second-order valence-corrected chi connectivity index (χ2v) is 23.0. The van der Waals surface area contributed by atoms with Crippen LogP contribution in [0.25, 0.3) is 0 Å². The van der Waals surface area contributed by atoms with Crippen molar-refractivity contribution < 1.29 is 28.5 Å². The van der Waals surface area contributed by atoms with E-state index >= 15 is 9.59 Å². The molecule has 80 heavy (non-hydrogen) atoms.